The molecule has 0 spiro atoms. The van der Waals surface area contributed by atoms with Crippen molar-refractivity contribution < 1.29 is 9.53 Å². The Morgan fingerprint density at radius 1 is 1.35 bits per heavy atom. The maximum absolute atomic E-state index is 12.6. The van der Waals surface area contributed by atoms with Gasteiger partial charge in [-0.2, -0.15) is 5.26 Å². The van der Waals surface area contributed by atoms with E-state index < -0.39 is 0 Å². The molecule has 1 aromatic carbocycles. The average molecular weight is 354 g/mol. The lowest BCUT2D eigenvalue weighted by Crippen LogP contribution is -2.41. The Labute approximate surface area is 157 Å². The molecule has 1 fully saturated rings. The molecule has 1 saturated carbocycles. The van der Waals surface area contributed by atoms with Crippen molar-refractivity contribution in [2.45, 2.75) is 65.3 Å². The number of aryl methyl sites for hydroxylation is 1. The molecule has 0 aliphatic heterocycles. The third kappa shape index (κ3) is 4.66. The normalized spacial score (nSPS) is 20.6. The first-order chi connectivity index (χ1) is 12.4. The summed E-state index contributed by atoms with van der Waals surface area (Å²) in [5.74, 6) is 1.32. The maximum atomic E-state index is 12.6. The Morgan fingerprint density at radius 2 is 2.04 bits per heavy atom. The predicted octanol–water partition coefficient (Wildman–Crippen LogP) is 4.73. The molecular weight excluding hydrogens is 324 g/mol. The number of hydrogen-bond donors (Lipinski definition) is 1. The quantitative estimate of drug-likeness (QED) is 0.614. The molecule has 4 heteroatoms. The van der Waals surface area contributed by atoms with Crippen LogP contribution < -0.4 is 10.1 Å². The second-order valence-corrected chi connectivity index (χ2v) is 7.62. The van der Waals surface area contributed by atoms with E-state index in [9.17, 15) is 10.1 Å². The lowest BCUT2D eigenvalue weighted by molar-refractivity contribution is -0.118. The van der Waals surface area contributed by atoms with Gasteiger partial charge >= 0.3 is 0 Å². The molecule has 0 radical (unpaired) electrons. The van der Waals surface area contributed by atoms with Crippen molar-refractivity contribution in [1.82, 2.24) is 5.32 Å². The van der Waals surface area contributed by atoms with Gasteiger partial charge in [0.25, 0.3) is 5.91 Å². The van der Waals surface area contributed by atoms with Crippen molar-refractivity contribution in [2.24, 2.45) is 5.92 Å². The van der Waals surface area contributed by atoms with E-state index in [1.165, 1.54) is 6.42 Å². The fourth-order valence-corrected chi connectivity index (χ4v) is 3.58. The Kier molecular flexibility index (Phi) is 6.85. The highest BCUT2D eigenvalue weighted by Crippen LogP contribution is 2.30. The molecule has 1 amide bonds. The number of rotatable bonds is 5. The molecule has 140 valence electrons. The number of nitriles is 1. The number of carbonyl (C=O) groups excluding carboxylic acids is 1. The van der Waals surface area contributed by atoms with Crippen molar-refractivity contribution in [3.8, 4) is 11.8 Å². The monoisotopic (exact) mass is 354 g/mol. The predicted molar refractivity (Wildman–Crippen MR) is 105 cm³/mol. The number of hydrogen-bond acceptors (Lipinski definition) is 3. The Bertz CT molecular complexity index is 728. The van der Waals surface area contributed by atoms with Crippen LogP contribution in [0.1, 0.15) is 69.1 Å². The van der Waals surface area contributed by atoms with Gasteiger partial charge in [-0.15, -0.1) is 0 Å². The lowest BCUT2D eigenvalue weighted by atomic mass is 9.86. The highest BCUT2D eigenvalue weighted by molar-refractivity contribution is 6.02. The molecule has 0 bridgehead atoms. The second kappa shape index (κ2) is 8.89. The van der Waals surface area contributed by atoms with Gasteiger partial charge in [0.05, 0.1) is 7.11 Å². The van der Waals surface area contributed by atoms with Crippen LogP contribution in [0.25, 0.3) is 6.08 Å². The van der Waals surface area contributed by atoms with Crippen molar-refractivity contribution in [2.75, 3.05) is 7.11 Å². The Hall–Kier alpha value is -2.28. The summed E-state index contributed by atoms with van der Waals surface area (Å²) in [6.45, 7) is 8.34. The number of nitrogens with one attached hydrogen (secondary N) is 1. The molecule has 4 nitrogen and oxygen atoms in total. The molecule has 26 heavy (non-hydrogen) atoms. The number of benzene rings is 1. The van der Waals surface area contributed by atoms with Crippen LogP contribution in [0.4, 0.5) is 0 Å². The summed E-state index contributed by atoms with van der Waals surface area (Å²) in [4.78, 5) is 12.6. The van der Waals surface area contributed by atoms with E-state index in [0.717, 1.165) is 41.7 Å². The Morgan fingerprint density at radius 3 is 2.62 bits per heavy atom. The van der Waals surface area contributed by atoms with E-state index in [1.807, 2.05) is 19.1 Å². The zero-order valence-corrected chi connectivity index (χ0v) is 16.6. The zero-order chi connectivity index (χ0) is 19.3. The summed E-state index contributed by atoms with van der Waals surface area (Å²) >= 11 is 0. The van der Waals surface area contributed by atoms with Gasteiger partial charge in [-0.05, 0) is 66.5 Å². The minimum Gasteiger partial charge on any atom is -0.496 e. The third-order valence-corrected chi connectivity index (χ3v) is 5.33. The van der Waals surface area contributed by atoms with Crippen LogP contribution in [0.3, 0.4) is 0 Å². The molecular formula is C22H30N2O2. The van der Waals surface area contributed by atoms with Crippen LogP contribution >= 0.6 is 0 Å². The minimum atomic E-state index is -0.271. The molecule has 0 saturated heterocycles. The van der Waals surface area contributed by atoms with E-state index >= 15 is 0 Å². The smallest absolute Gasteiger partial charge is 0.262 e. The molecule has 0 unspecified atom stereocenters. The van der Waals surface area contributed by atoms with Gasteiger partial charge in [0, 0.05) is 6.04 Å². The van der Waals surface area contributed by atoms with Gasteiger partial charge in [0.15, 0.2) is 0 Å². The van der Waals surface area contributed by atoms with E-state index in [-0.39, 0.29) is 17.5 Å². The standard InChI is InChI=1S/C22H30N2O2/c1-14(2)19-12-17(16(4)10-21(19)26-5)11-18(13-23)22(25)24-20-9-7-6-8-15(20)3/h10-12,14-15,20H,6-9H2,1-5H3,(H,24,25)/b18-11+/t15-,20+/m1/s1. The molecule has 0 aromatic heterocycles. The molecule has 1 aliphatic carbocycles. The van der Waals surface area contributed by atoms with Crippen molar-refractivity contribution >= 4 is 12.0 Å². The Balaban J connectivity index is 2.29. The van der Waals surface area contributed by atoms with Gasteiger partial charge in [-0.25, -0.2) is 0 Å². The van der Waals surface area contributed by atoms with E-state index in [2.05, 4.69) is 32.2 Å². The third-order valence-electron chi connectivity index (χ3n) is 5.33. The van der Waals surface area contributed by atoms with E-state index in [4.69, 9.17) is 4.74 Å². The van der Waals surface area contributed by atoms with Crippen molar-refractivity contribution in [1.29, 1.82) is 5.26 Å². The summed E-state index contributed by atoms with van der Waals surface area (Å²) < 4.78 is 5.47. The molecule has 2 rings (SSSR count). The first kappa shape index (κ1) is 20.0. The molecule has 2 atom stereocenters. The van der Waals surface area contributed by atoms with Crippen LogP contribution in [-0.4, -0.2) is 19.1 Å². The molecule has 1 aromatic rings. The van der Waals surface area contributed by atoms with Crippen LogP contribution in [-0.2, 0) is 4.79 Å². The maximum Gasteiger partial charge on any atom is 0.262 e. The second-order valence-electron chi connectivity index (χ2n) is 7.62. The van der Waals surface area contributed by atoms with Crippen molar-refractivity contribution in [3.05, 3.63) is 34.4 Å². The number of ether oxygens (including phenoxy) is 1. The van der Waals surface area contributed by atoms with Crippen LogP contribution in [0.5, 0.6) is 5.75 Å². The number of methoxy groups -OCH3 is 1. The molecule has 1 aliphatic rings. The molecule has 1 N–H and O–H groups in total. The van der Waals surface area contributed by atoms with Gasteiger partial charge in [0.1, 0.15) is 17.4 Å². The summed E-state index contributed by atoms with van der Waals surface area (Å²) in [6.07, 6.45) is 6.17. The van der Waals surface area contributed by atoms with E-state index in [1.54, 1.807) is 13.2 Å². The number of amides is 1. The lowest BCUT2D eigenvalue weighted by Gasteiger charge is -2.29. The fraction of sp³-hybridized carbons (Fsp3) is 0.545. The first-order valence-corrected chi connectivity index (χ1v) is 9.48. The molecule has 0 heterocycles. The largest absolute Gasteiger partial charge is 0.496 e. The average Bonchev–Trinajstić information content (AvgIpc) is 2.61. The van der Waals surface area contributed by atoms with Gasteiger partial charge in [-0.1, -0.05) is 33.6 Å². The summed E-state index contributed by atoms with van der Waals surface area (Å²) in [5, 5.41) is 12.6. The van der Waals surface area contributed by atoms with Gasteiger partial charge in [-0.3, -0.25) is 4.79 Å². The highest BCUT2D eigenvalue weighted by atomic mass is 16.5. The number of carbonyl (C=O) groups is 1. The van der Waals surface area contributed by atoms with Crippen LogP contribution in [0, 0.1) is 24.2 Å². The zero-order valence-electron chi connectivity index (χ0n) is 16.6. The summed E-state index contributed by atoms with van der Waals surface area (Å²) in [7, 11) is 1.66. The number of nitrogens with zero attached hydrogens (tertiary/aromatic N) is 1. The summed E-state index contributed by atoms with van der Waals surface area (Å²) in [5.41, 5.74) is 3.10. The van der Waals surface area contributed by atoms with Crippen LogP contribution in [0.2, 0.25) is 0 Å². The SMILES string of the molecule is COc1cc(C)c(/C=C(\C#N)C(=O)N[C@H]2CCCC[C@H]2C)cc1C(C)C. The van der Waals surface area contributed by atoms with Gasteiger partial charge < -0.3 is 10.1 Å². The van der Waals surface area contributed by atoms with Gasteiger partial charge in [0.2, 0.25) is 0 Å². The first-order valence-electron chi connectivity index (χ1n) is 9.48. The minimum absolute atomic E-state index is 0.158. The highest BCUT2D eigenvalue weighted by Gasteiger charge is 2.24. The summed E-state index contributed by atoms with van der Waals surface area (Å²) in [6, 6.07) is 6.23. The fourth-order valence-electron chi connectivity index (χ4n) is 3.58. The topological polar surface area (TPSA) is 62.1 Å². The van der Waals surface area contributed by atoms with E-state index in [0.29, 0.717) is 11.8 Å². The van der Waals surface area contributed by atoms with Crippen molar-refractivity contribution in [3.63, 3.8) is 0 Å². The van der Waals surface area contributed by atoms with Crippen LogP contribution in [0.15, 0.2) is 17.7 Å².